The molecule has 0 aliphatic rings. The van der Waals surface area contributed by atoms with Gasteiger partial charge >= 0.3 is 0 Å². The van der Waals surface area contributed by atoms with Gasteiger partial charge in [0.25, 0.3) is 0 Å². The summed E-state index contributed by atoms with van der Waals surface area (Å²) in [5.41, 5.74) is -0.391. The predicted octanol–water partition coefficient (Wildman–Crippen LogP) is 2.33. The smallest absolute Gasteiger partial charge is 0.152 e. The Morgan fingerprint density at radius 2 is 1.70 bits per heavy atom. The third kappa shape index (κ3) is 1.16. The summed E-state index contributed by atoms with van der Waals surface area (Å²) in [4.78, 5) is 0. The lowest BCUT2D eigenvalue weighted by Gasteiger charge is -1.93. The Kier molecular flexibility index (Phi) is 2.01. The summed E-state index contributed by atoms with van der Waals surface area (Å²) in [6, 6.07) is 3.47. The molecular weight excluding hydrogens is 156 g/mol. The van der Waals surface area contributed by atoms with E-state index in [1.165, 1.54) is 6.07 Å². The van der Waals surface area contributed by atoms with Gasteiger partial charge in [-0.05, 0) is 12.1 Å². The highest BCUT2D eigenvalue weighted by Gasteiger charge is 2.04. The highest BCUT2D eigenvalue weighted by Crippen LogP contribution is 2.20. The van der Waals surface area contributed by atoms with Crippen LogP contribution in [0, 0.1) is 11.6 Å². The van der Waals surface area contributed by atoms with E-state index in [1.807, 2.05) is 0 Å². The van der Waals surface area contributed by atoms with E-state index in [2.05, 4.69) is 16.8 Å². The van der Waals surface area contributed by atoms with Crippen LogP contribution in [0.25, 0.3) is 0 Å². The van der Waals surface area contributed by atoms with Crippen molar-refractivity contribution in [2.24, 2.45) is 4.36 Å². The molecule has 0 N–H and O–H groups in total. The number of hydrogen-bond donors (Lipinski definition) is 0. The molecule has 1 nitrogen and oxygen atoms in total. The van der Waals surface area contributed by atoms with Gasteiger partial charge in [-0.3, -0.25) is 0 Å². The normalized spacial score (nSPS) is 9.40. The first-order valence-electron chi connectivity index (χ1n) is 2.53. The second-order valence-corrected chi connectivity index (χ2v) is 1.84. The third-order valence-electron chi connectivity index (χ3n) is 1.03. The molecule has 52 valence electrons. The first kappa shape index (κ1) is 7.21. The molecule has 10 heavy (non-hydrogen) atoms. The van der Waals surface area contributed by atoms with Gasteiger partial charge in [0.2, 0.25) is 0 Å². The minimum atomic E-state index is -0.727. The Morgan fingerprint density at radius 1 is 1.20 bits per heavy atom. The quantitative estimate of drug-likeness (QED) is 0.612. The fourth-order valence-corrected chi connectivity index (χ4v) is 0.751. The van der Waals surface area contributed by atoms with E-state index in [1.54, 1.807) is 0 Å². The number of halogens is 2. The molecule has 4 heteroatoms. The van der Waals surface area contributed by atoms with Crippen molar-refractivity contribution in [2.75, 3.05) is 0 Å². The zero-order chi connectivity index (χ0) is 7.56. The summed E-state index contributed by atoms with van der Waals surface area (Å²) in [5, 5.41) is 0. The first-order chi connectivity index (χ1) is 4.75. The molecular formula is C6H3F2NS. The van der Waals surface area contributed by atoms with Crippen LogP contribution in [0.1, 0.15) is 0 Å². The van der Waals surface area contributed by atoms with Gasteiger partial charge in [0.15, 0.2) is 11.6 Å². The molecule has 0 radical (unpaired) electrons. The SMILES string of the molecule is Fc1cccc(F)c1N=S. The van der Waals surface area contributed by atoms with Crippen LogP contribution in [0.2, 0.25) is 0 Å². The van der Waals surface area contributed by atoms with Crippen LogP contribution in [0.3, 0.4) is 0 Å². The molecule has 0 spiro atoms. The van der Waals surface area contributed by atoms with Crippen molar-refractivity contribution in [2.45, 2.75) is 0 Å². The third-order valence-corrected chi connectivity index (χ3v) is 1.21. The average Bonchev–Trinajstić information content (AvgIpc) is 1.88. The van der Waals surface area contributed by atoms with Crippen molar-refractivity contribution in [3.05, 3.63) is 29.8 Å². The van der Waals surface area contributed by atoms with Gasteiger partial charge in [0, 0.05) is 12.4 Å². The summed E-state index contributed by atoms with van der Waals surface area (Å²) >= 11 is 4.14. The molecule has 0 unspecified atom stereocenters. The molecule has 0 amide bonds. The van der Waals surface area contributed by atoms with E-state index < -0.39 is 17.3 Å². The largest absolute Gasteiger partial charge is 0.204 e. The van der Waals surface area contributed by atoms with Gasteiger partial charge in [-0.25, -0.2) is 8.78 Å². The molecule has 0 bridgehead atoms. The molecule has 0 fully saturated rings. The number of hydrogen-bond acceptors (Lipinski definition) is 2. The Labute approximate surface area is 61.9 Å². The lowest BCUT2D eigenvalue weighted by Crippen LogP contribution is -1.79. The summed E-state index contributed by atoms with van der Waals surface area (Å²) in [6.45, 7) is 0. The molecule has 1 aromatic carbocycles. The van der Waals surface area contributed by atoms with Gasteiger partial charge in [-0.15, -0.1) is 0 Å². The average molecular weight is 159 g/mol. The zero-order valence-electron chi connectivity index (χ0n) is 4.84. The van der Waals surface area contributed by atoms with Crippen molar-refractivity contribution >= 4 is 18.1 Å². The van der Waals surface area contributed by atoms with Crippen molar-refractivity contribution in [3.8, 4) is 0 Å². The van der Waals surface area contributed by atoms with Gasteiger partial charge in [-0.2, -0.15) is 4.36 Å². The summed E-state index contributed by atoms with van der Waals surface area (Å²) < 4.78 is 27.9. The van der Waals surface area contributed by atoms with Gasteiger partial charge in [-0.1, -0.05) is 6.07 Å². The number of benzene rings is 1. The van der Waals surface area contributed by atoms with E-state index >= 15 is 0 Å². The Balaban J connectivity index is 3.30. The second-order valence-electron chi connectivity index (χ2n) is 1.66. The summed E-state index contributed by atoms with van der Waals surface area (Å²) in [6.07, 6.45) is 0. The van der Waals surface area contributed by atoms with E-state index in [0.29, 0.717) is 0 Å². The Bertz CT molecular complexity index is 242. The predicted molar refractivity (Wildman–Crippen MR) is 35.8 cm³/mol. The molecule has 0 saturated carbocycles. The Morgan fingerprint density at radius 3 is 2.00 bits per heavy atom. The van der Waals surface area contributed by atoms with E-state index in [9.17, 15) is 8.78 Å². The van der Waals surface area contributed by atoms with Gasteiger partial charge in [0.1, 0.15) is 5.69 Å². The Hall–Kier alpha value is -0.900. The summed E-state index contributed by atoms with van der Waals surface area (Å²) in [7, 11) is 0. The molecule has 1 rings (SSSR count). The van der Waals surface area contributed by atoms with Crippen LogP contribution in [-0.4, -0.2) is 0 Å². The van der Waals surface area contributed by atoms with E-state index in [4.69, 9.17) is 0 Å². The van der Waals surface area contributed by atoms with Crippen LogP contribution in [0.15, 0.2) is 22.6 Å². The van der Waals surface area contributed by atoms with Crippen molar-refractivity contribution in [3.63, 3.8) is 0 Å². The van der Waals surface area contributed by atoms with Crippen molar-refractivity contribution in [1.82, 2.24) is 0 Å². The fourth-order valence-electron chi connectivity index (χ4n) is 0.576. The molecule has 0 atom stereocenters. The monoisotopic (exact) mass is 159 g/mol. The van der Waals surface area contributed by atoms with Crippen LogP contribution in [-0.2, 0) is 12.4 Å². The molecule has 1 aromatic rings. The maximum absolute atomic E-state index is 12.5. The first-order valence-corrected chi connectivity index (χ1v) is 2.89. The molecule has 0 aromatic heterocycles. The molecule has 0 aliphatic carbocycles. The highest BCUT2D eigenvalue weighted by atomic mass is 32.1. The highest BCUT2D eigenvalue weighted by molar-refractivity contribution is 7.47. The molecule has 0 saturated heterocycles. The number of rotatable bonds is 1. The minimum Gasteiger partial charge on any atom is -0.204 e. The van der Waals surface area contributed by atoms with Crippen LogP contribution in [0.5, 0.6) is 0 Å². The lowest BCUT2D eigenvalue weighted by molar-refractivity contribution is 0.588. The minimum absolute atomic E-state index is 0.391. The van der Waals surface area contributed by atoms with Gasteiger partial charge in [0.05, 0.1) is 0 Å². The van der Waals surface area contributed by atoms with Crippen molar-refractivity contribution in [1.29, 1.82) is 0 Å². The van der Waals surface area contributed by atoms with Crippen LogP contribution in [0.4, 0.5) is 14.5 Å². The van der Waals surface area contributed by atoms with Crippen molar-refractivity contribution < 1.29 is 8.78 Å². The second kappa shape index (κ2) is 2.79. The standard InChI is InChI=1S/C6H3F2NS/c7-4-2-1-3-5(8)6(4)9-10/h1-3H. The van der Waals surface area contributed by atoms with E-state index in [0.717, 1.165) is 12.1 Å². The zero-order valence-corrected chi connectivity index (χ0v) is 5.66. The maximum atomic E-state index is 12.5. The van der Waals surface area contributed by atoms with Crippen LogP contribution < -0.4 is 0 Å². The molecule has 0 heterocycles. The topological polar surface area (TPSA) is 12.4 Å². The summed E-state index contributed by atoms with van der Waals surface area (Å²) in [5.74, 6) is -1.45. The number of nitrogens with zero attached hydrogens (tertiary/aromatic N) is 1. The van der Waals surface area contributed by atoms with Gasteiger partial charge < -0.3 is 0 Å². The van der Waals surface area contributed by atoms with Crippen LogP contribution >= 0.6 is 0 Å². The van der Waals surface area contributed by atoms with E-state index in [-0.39, 0.29) is 0 Å². The molecule has 0 aliphatic heterocycles. The maximum Gasteiger partial charge on any atom is 0.152 e. The lowest BCUT2D eigenvalue weighted by atomic mass is 10.3. The fraction of sp³-hybridized carbons (Fsp3) is 0.